The van der Waals surface area contributed by atoms with Crippen LogP contribution in [0.1, 0.15) is 23.5 Å². The van der Waals surface area contributed by atoms with Gasteiger partial charge in [-0.15, -0.1) is 11.3 Å². The van der Waals surface area contributed by atoms with Crippen molar-refractivity contribution in [3.8, 4) is 0 Å². The average molecular weight is 185 g/mol. The van der Waals surface area contributed by atoms with Crippen molar-refractivity contribution in [2.45, 2.75) is 19.9 Å². The van der Waals surface area contributed by atoms with E-state index in [1.165, 1.54) is 4.88 Å². The van der Waals surface area contributed by atoms with Gasteiger partial charge in [0.2, 0.25) is 0 Å². The van der Waals surface area contributed by atoms with Crippen LogP contribution in [0, 0.1) is 6.92 Å². The first kappa shape index (κ1) is 9.64. The van der Waals surface area contributed by atoms with Crippen LogP contribution in [0.4, 0.5) is 0 Å². The number of aryl methyl sites for hydroxylation is 1. The Morgan fingerprint density at radius 3 is 3.00 bits per heavy atom. The Bertz CT molecular complexity index is 234. The highest BCUT2D eigenvalue weighted by atomic mass is 32.1. The maximum atomic E-state index is 5.39. The fraction of sp³-hybridized carbons (Fsp3) is 0.625. The molecule has 0 aliphatic carbocycles. The molecule has 1 aromatic heterocycles. The highest BCUT2D eigenvalue weighted by Crippen LogP contribution is 2.20. The Morgan fingerprint density at radius 1 is 1.75 bits per heavy atom. The van der Waals surface area contributed by atoms with Crippen LogP contribution < -0.4 is 11.1 Å². The topological polar surface area (TPSA) is 50.9 Å². The molecule has 1 atom stereocenters. The lowest BCUT2D eigenvalue weighted by Crippen LogP contribution is -2.25. The molecule has 4 heteroatoms. The summed E-state index contributed by atoms with van der Waals surface area (Å²) in [5.74, 6) is 0. The Balaban J connectivity index is 2.52. The lowest BCUT2D eigenvalue weighted by atomic mass is 10.2. The predicted molar refractivity (Wildman–Crippen MR) is 52.3 cm³/mol. The molecule has 1 rings (SSSR count). The van der Waals surface area contributed by atoms with Gasteiger partial charge in [0, 0.05) is 24.0 Å². The van der Waals surface area contributed by atoms with Gasteiger partial charge in [0.15, 0.2) is 0 Å². The molecule has 0 spiro atoms. The van der Waals surface area contributed by atoms with E-state index in [1.54, 1.807) is 11.3 Å². The Morgan fingerprint density at radius 2 is 2.50 bits per heavy atom. The molecule has 3 nitrogen and oxygen atoms in total. The number of nitrogens with zero attached hydrogens (tertiary/aromatic N) is 1. The van der Waals surface area contributed by atoms with Gasteiger partial charge in [-0.2, -0.15) is 0 Å². The van der Waals surface area contributed by atoms with Crippen molar-refractivity contribution >= 4 is 11.3 Å². The zero-order valence-electron chi connectivity index (χ0n) is 7.50. The third-order valence-corrected chi connectivity index (χ3v) is 2.88. The van der Waals surface area contributed by atoms with Crippen LogP contribution >= 0.6 is 11.3 Å². The summed E-state index contributed by atoms with van der Waals surface area (Å²) in [4.78, 5) is 5.50. The van der Waals surface area contributed by atoms with E-state index in [9.17, 15) is 0 Å². The maximum Gasteiger partial charge on any atom is 0.0798 e. The summed E-state index contributed by atoms with van der Waals surface area (Å²) in [6.07, 6.45) is 0. The van der Waals surface area contributed by atoms with Crippen molar-refractivity contribution in [2.75, 3.05) is 13.1 Å². The Hall–Kier alpha value is -0.450. The number of hydrogen-bond acceptors (Lipinski definition) is 4. The van der Waals surface area contributed by atoms with Crippen LogP contribution in [-0.4, -0.2) is 18.1 Å². The van der Waals surface area contributed by atoms with Gasteiger partial charge in [-0.1, -0.05) is 0 Å². The molecule has 1 aromatic rings. The fourth-order valence-electron chi connectivity index (χ4n) is 1.12. The van der Waals surface area contributed by atoms with Crippen molar-refractivity contribution in [1.29, 1.82) is 0 Å². The zero-order chi connectivity index (χ0) is 8.97. The summed E-state index contributed by atoms with van der Waals surface area (Å²) >= 11 is 1.69. The summed E-state index contributed by atoms with van der Waals surface area (Å²) in [5.41, 5.74) is 8.40. The molecular formula is C8H15N3S. The highest BCUT2D eigenvalue weighted by molar-refractivity contribution is 7.09. The van der Waals surface area contributed by atoms with E-state index in [2.05, 4.69) is 17.2 Å². The zero-order valence-corrected chi connectivity index (χ0v) is 8.32. The SMILES string of the molecule is Cc1ncsc1C(C)NCCN. The molecule has 1 heterocycles. The van der Waals surface area contributed by atoms with Crippen LogP contribution in [0.5, 0.6) is 0 Å². The van der Waals surface area contributed by atoms with Gasteiger partial charge in [0.25, 0.3) is 0 Å². The molecular weight excluding hydrogens is 170 g/mol. The molecule has 0 bridgehead atoms. The molecule has 0 fully saturated rings. The van der Waals surface area contributed by atoms with E-state index in [0.29, 0.717) is 12.6 Å². The summed E-state index contributed by atoms with van der Waals surface area (Å²) in [6, 6.07) is 0.376. The number of rotatable bonds is 4. The maximum absolute atomic E-state index is 5.39. The van der Waals surface area contributed by atoms with E-state index in [-0.39, 0.29) is 0 Å². The molecule has 0 saturated carbocycles. The van der Waals surface area contributed by atoms with Gasteiger partial charge in [-0.3, -0.25) is 0 Å². The van der Waals surface area contributed by atoms with Crippen LogP contribution in [0.15, 0.2) is 5.51 Å². The number of hydrogen-bond donors (Lipinski definition) is 2. The largest absolute Gasteiger partial charge is 0.329 e. The second-order valence-electron chi connectivity index (χ2n) is 2.77. The molecule has 12 heavy (non-hydrogen) atoms. The van der Waals surface area contributed by atoms with Crippen molar-refractivity contribution in [3.05, 3.63) is 16.1 Å². The minimum Gasteiger partial charge on any atom is -0.329 e. The Kier molecular flexibility index (Phi) is 3.65. The lowest BCUT2D eigenvalue weighted by molar-refractivity contribution is 0.587. The smallest absolute Gasteiger partial charge is 0.0798 e. The van der Waals surface area contributed by atoms with Crippen molar-refractivity contribution in [1.82, 2.24) is 10.3 Å². The van der Waals surface area contributed by atoms with Gasteiger partial charge in [-0.05, 0) is 13.8 Å². The van der Waals surface area contributed by atoms with E-state index in [4.69, 9.17) is 5.73 Å². The van der Waals surface area contributed by atoms with Crippen LogP contribution in [-0.2, 0) is 0 Å². The third-order valence-electron chi connectivity index (χ3n) is 1.77. The van der Waals surface area contributed by atoms with E-state index in [0.717, 1.165) is 12.2 Å². The van der Waals surface area contributed by atoms with E-state index < -0.39 is 0 Å². The minimum atomic E-state index is 0.376. The first-order valence-electron chi connectivity index (χ1n) is 4.09. The molecule has 0 saturated heterocycles. The molecule has 0 aliphatic rings. The molecule has 3 N–H and O–H groups in total. The predicted octanol–water partition coefficient (Wildman–Crippen LogP) is 1.06. The first-order valence-corrected chi connectivity index (χ1v) is 4.97. The first-order chi connectivity index (χ1) is 5.75. The van der Waals surface area contributed by atoms with Gasteiger partial charge in [0.1, 0.15) is 0 Å². The van der Waals surface area contributed by atoms with E-state index >= 15 is 0 Å². The van der Waals surface area contributed by atoms with Crippen LogP contribution in [0.3, 0.4) is 0 Å². The van der Waals surface area contributed by atoms with Crippen LogP contribution in [0.25, 0.3) is 0 Å². The number of thiazole rings is 1. The second-order valence-corrected chi connectivity index (χ2v) is 3.65. The monoisotopic (exact) mass is 185 g/mol. The summed E-state index contributed by atoms with van der Waals surface area (Å²) < 4.78 is 0. The van der Waals surface area contributed by atoms with Crippen molar-refractivity contribution in [2.24, 2.45) is 5.73 Å². The molecule has 0 radical (unpaired) electrons. The summed E-state index contributed by atoms with van der Waals surface area (Å²) in [5, 5.41) is 3.32. The van der Waals surface area contributed by atoms with Crippen molar-refractivity contribution < 1.29 is 0 Å². The fourth-order valence-corrected chi connectivity index (χ4v) is 1.95. The third kappa shape index (κ3) is 2.27. The minimum absolute atomic E-state index is 0.376. The van der Waals surface area contributed by atoms with Gasteiger partial charge in [0.05, 0.1) is 11.2 Å². The van der Waals surface area contributed by atoms with Gasteiger partial charge < -0.3 is 11.1 Å². The molecule has 68 valence electrons. The number of aromatic nitrogens is 1. The average Bonchev–Trinajstić information content (AvgIpc) is 2.47. The Labute approximate surface area is 77.0 Å². The summed E-state index contributed by atoms with van der Waals surface area (Å²) in [7, 11) is 0. The van der Waals surface area contributed by atoms with E-state index in [1.807, 2.05) is 12.4 Å². The quantitative estimate of drug-likeness (QED) is 0.737. The molecule has 0 amide bonds. The normalized spacial score (nSPS) is 13.2. The lowest BCUT2D eigenvalue weighted by Gasteiger charge is -2.11. The number of nitrogens with one attached hydrogen (secondary N) is 1. The molecule has 0 aliphatic heterocycles. The standard InChI is InChI=1S/C8H15N3S/c1-6(10-4-3-9)8-7(2)11-5-12-8/h5-6,10H,3-4,9H2,1-2H3. The van der Waals surface area contributed by atoms with Gasteiger partial charge >= 0.3 is 0 Å². The number of nitrogens with two attached hydrogens (primary N) is 1. The molecule has 1 unspecified atom stereocenters. The molecule has 0 aromatic carbocycles. The highest BCUT2D eigenvalue weighted by Gasteiger charge is 2.08. The van der Waals surface area contributed by atoms with Crippen LogP contribution in [0.2, 0.25) is 0 Å². The second kappa shape index (κ2) is 4.54. The summed E-state index contributed by atoms with van der Waals surface area (Å²) in [6.45, 7) is 5.71. The van der Waals surface area contributed by atoms with Crippen molar-refractivity contribution in [3.63, 3.8) is 0 Å². The van der Waals surface area contributed by atoms with Gasteiger partial charge in [-0.25, -0.2) is 4.98 Å².